The number of rotatable bonds is 3. The standard InChI is InChI=1S/C40H26/c1-2-12-27(13-3-1)32-16-6-7-17-34(32)40-37-20-10-8-18-35(37)39(36-19-9-11-21-38(36)40)30-24-25-33-29(26-30)23-22-28-14-4-5-15-31(28)33/h1-26H. The van der Waals surface area contributed by atoms with Crippen molar-refractivity contribution in [3.05, 3.63) is 158 Å². The minimum absolute atomic E-state index is 1.23. The van der Waals surface area contributed by atoms with Crippen LogP contribution in [-0.4, -0.2) is 0 Å². The predicted octanol–water partition coefficient (Wildman–Crippen LogP) is 11.3. The maximum Gasteiger partial charge on any atom is -0.00201 e. The van der Waals surface area contributed by atoms with Crippen molar-refractivity contribution in [2.45, 2.75) is 0 Å². The summed E-state index contributed by atoms with van der Waals surface area (Å²) in [6.07, 6.45) is 0. The van der Waals surface area contributed by atoms with Gasteiger partial charge in [0.1, 0.15) is 0 Å². The van der Waals surface area contributed by atoms with Crippen molar-refractivity contribution in [2.75, 3.05) is 0 Å². The lowest BCUT2D eigenvalue weighted by Crippen LogP contribution is -1.92. The van der Waals surface area contributed by atoms with Crippen molar-refractivity contribution in [3.63, 3.8) is 0 Å². The Balaban J connectivity index is 1.46. The van der Waals surface area contributed by atoms with Gasteiger partial charge in [0.25, 0.3) is 0 Å². The third-order valence-corrected chi connectivity index (χ3v) is 8.25. The molecule has 40 heavy (non-hydrogen) atoms. The van der Waals surface area contributed by atoms with Gasteiger partial charge in [0.15, 0.2) is 0 Å². The molecule has 0 amide bonds. The van der Waals surface area contributed by atoms with Crippen molar-refractivity contribution in [2.24, 2.45) is 0 Å². The zero-order valence-electron chi connectivity index (χ0n) is 22.0. The summed E-state index contributed by atoms with van der Waals surface area (Å²) in [5.74, 6) is 0. The molecule has 8 rings (SSSR count). The Morgan fingerprint density at radius 3 is 1.45 bits per heavy atom. The molecule has 0 bridgehead atoms. The van der Waals surface area contributed by atoms with Crippen molar-refractivity contribution < 1.29 is 0 Å². The summed E-state index contributed by atoms with van der Waals surface area (Å²) in [7, 11) is 0. The summed E-state index contributed by atoms with van der Waals surface area (Å²) in [5.41, 5.74) is 7.58. The zero-order valence-corrected chi connectivity index (χ0v) is 22.0. The van der Waals surface area contributed by atoms with Gasteiger partial charge >= 0.3 is 0 Å². The lowest BCUT2D eigenvalue weighted by atomic mass is 9.83. The number of fused-ring (bicyclic) bond motifs is 5. The first-order chi connectivity index (χ1) is 19.9. The molecule has 0 N–H and O–H groups in total. The molecule has 0 heteroatoms. The van der Waals surface area contributed by atoms with Gasteiger partial charge in [0.05, 0.1) is 0 Å². The van der Waals surface area contributed by atoms with E-state index in [4.69, 9.17) is 0 Å². The lowest BCUT2D eigenvalue weighted by molar-refractivity contribution is 1.61. The van der Waals surface area contributed by atoms with Gasteiger partial charge in [-0.2, -0.15) is 0 Å². The summed E-state index contributed by atoms with van der Waals surface area (Å²) >= 11 is 0. The third kappa shape index (κ3) is 3.54. The average molecular weight is 507 g/mol. The van der Waals surface area contributed by atoms with Gasteiger partial charge in [-0.25, -0.2) is 0 Å². The van der Waals surface area contributed by atoms with Gasteiger partial charge in [0.2, 0.25) is 0 Å². The Morgan fingerprint density at radius 2 is 0.750 bits per heavy atom. The molecule has 0 saturated heterocycles. The van der Waals surface area contributed by atoms with Crippen LogP contribution in [-0.2, 0) is 0 Å². The number of hydrogen-bond acceptors (Lipinski definition) is 0. The molecule has 0 spiro atoms. The van der Waals surface area contributed by atoms with Crippen LogP contribution in [0.1, 0.15) is 0 Å². The van der Waals surface area contributed by atoms with Gasteiger partial charge in [-0.1, -0.05) is 152 Å². The summed E-state index contributed by atoms with van der Waals surface area (Å²) in [5, 5.41) is 10.2. The van der Waals surface area contributed by atoms with Gasteiger partial charge in [-0.15, -0.1) is 0 Å². The van der Waals surface area contributed by atoms with Crippen LogP contribution in [0.25, 0.3) is 76.5 Å². The molecule has 0 aromatic heterocycles. The molecule has 0 aliphatic heterocycles. The second-order valence-electron chi connectivity index (χ2n) is 10.5. The lowest BCUT2D eigenvalue weighted by Gasteiger charge is -2.20. The monoisotopic (exact) mass is 506 g/mol. The highest BCUT2D eigenvalue weighted by Crippen LogP contribution is 2.46. The maximum atomic E-state index is 2.37. The maximum absolute atomic E-state index is 2.37. The van der Waals surface area contributed by atoms with Crippen molar-refractivity contribution in [3.8, 4) is 33.4 Å². The summed E-state index contributed by atoms with van der Waals surface area (Å²) in [4.78, 5) is 0. The highest BCUT2D eigenvalue weighted by Gasteiger charge is 2.18. The summed E-state index contributed by atoms with van der Waals surface area (Å²) in [6, 6.07) is 57.5. The molecule has 186 valence electrons. The molecule has 0 heterocycles. The van der Waals surface area contributed by atoms with E-state index in [1.54, 1.807) is 0 Å². The number of hydrogen-bond donors (Lipinski definition) is 0. The third-order valence-electron chi connectivity index (χ3n) is 8.25. The largest absolute Gasteiger partial charge is 0.0622 e. The fourth-order valence-corrected chi connectivity index (χ4v) is 6.47. The van der Waals surface area contributed by atoms with E-state index in [0.717, 1.165) is 0 Å². The summed E-state index contributed by atoms with van der Waals surface area (Å²) in [6.45, 7) is 0. The van der Waals surface area contributed by atoms with Crippen molar-refractivity contribution in [1.82, 2.24) is 0 Å². The molecular formula is C40H26. The average Bonchev–Trinajstić information content (AvgIpc) is 3.03. The van der Waals surface area contributed by atoms with E-state index in [0.29, 0.717) is 0 Å². The normalized spacial score (nSPS) is 11.5. The van der Waals surface area contributed by atoms with E-state index in [9.17, 15) is 0 Å². The van der Waals surface area contributed by atoms with Gasteiger partial charge in [-0.3, -0.25) is 0 Å². The topological polar surface area (TPSA) is 0 Å². The molecule has 8 aromatic carbocycles. The van der Waals surface area contributed by atoms with E-state index >= 15 is 0 Å². The van der Waals surface area contributed by atoms with Gasteiger partial charge in [-0.05, 0) is 82.5 Å². The molecule has 0 fully saturated rings. The fraction of sp³-hybridized carbons (Fsp3) is 0. The Hall–Kier alpha value is -5.20. The van der Waals surface area contributed by atoms with Crippen LogP contribution in [0.3, 0.4) is 0 Å². The van der Waals surface area contributed by atoms with Crippen LogP contribution < -0.4 is 0 Å². The second-order valence-corrected chi connectivity index (χ2v) is 10.5. The Bertz CT molecular complexity index is 2150. The molecule has 0 aliphatic rings. The molecule has 0 nitrogen and oxygen atoms in total. The SMILES string of the molecule is c1ccc(-c2ccccc2-c2c3ccccc3c(-c3ccc4c(ccc5ccccc54)c3)c3ccccc23)cc1. The van der Waals surface area contributed by atoms with Crippen LogP contribution in [0.4, 0.5) is 0 Å². The molecule has 0 atom stereocenters. The number of benzene rings is 8. The van der Waals surface area contributed by atoms with E-state index in [2.05, 4.69) is 158 Å². The fourth-order valence-electron chi connectivity index (χ4n) is 6.47. The van der Waals surface area contributed by atoms with Crippen LogP contribution in [0.15, 0.2) is 158 Å². The Labute approximate surface area is 233 Å². The predicted molar refractivity (Wildman–Crippen MR) is 173 cm³/mol. The van der Waals surface area contributed by atoms with Crippen LogP contribution >= 0.6 is 0 Å². The molecule has 0 radical (unpaired) electrons. The zero-order chi connectivity index (χ0) is 26.5. The highest BCUT2D eigenvalue weighted by molar-refractivity contribution is 6.23. The molecule has 8 aromatic rings. The minimum atomic E-state index is 1.23. The first kappa shape index (κ1) is 22.8. The first-order valence-corrected chi connectivity index (χ1v) is 13.9. The van der Waals surface area contributed by atoms with E-state index in [1.807, 2.05) is 0 Å². The van der Waals surface area contributed by atoms with Crippen LogP contribution in [0.5, 0.6) is 0 Å². The van der Waals surface area contributed by atoms with Crippen molar-refractivity contribution in [1.29, 1.82) is 0 Å². The van der Waals surface area contributed by atoms with E-state index in [-0.39, 0.29) is 0 Å². The highest BCUT2D eigenvalue weighted by atomic mass is 14.2. The molecular weight excluding hydrogens is 480 g/mol. The van der Waals surface area contributed by atoms with E-state index < -0.39 is 0 Å². The van der Waals surface area contributed by atoms with Crippen molar-refractivity contribution >= 4 is 43.1 Å². The minimum Gasteiger partial charge on any atom is -0.0622 e. The van der Waals surface area contributed by atoms with Crippen LogP contribution in [0, 0.1) is 0 Å². The smallest absolute Gasteiger partial charge is 0.00201 e. The quantitative estimate of drug-likeness (QED) is 0.165. The Kier molecular flexibility index (Phi) is 5.24. The van der Waals surface area contributed by atoms with E-state index in [1.165, 1.54) is 76.5 Å². The molecule has 0 saturated carbocycles. The summed E-state index contributed by atoms with van der Waals surface area (Å²) < 4.78 is 0. The van der Waals surface area contributed by atoms with Gasteiger partial charge in [0, 0.05) is 0 Å². The second kappa shape index (κ2) is 9.22. The molecule has 0 aliphatic carbocycles. The Morgan fingerprint density at radius 1 is 0.250 bits per heavy atom. The first-order valence-electron chi connectivity index (χ1n) is 13.9. The van der Waals surface area contributed by atoms with Crippen LogP contribution in [0.2, 0.25) is 0 Å². The molecule has 0 unspecified atom stereocenters. The van der Waals surface area contributed by atoms with Gasteiger partial charge < -0.3 is 0 Å².